The van der Waals surface area contributed by atoms with E-state index >= 15 is 0 Å². The van der Waals surface area contributed by atoms with Gasteiger partial charge < -0.3 is 28.6 Å². The molecule has 2 aliphatic heterocycles. The maximum absolute atomic E-state index is 5.85. The van der Waals surface area contributed by atoms with E-state index in [1.807, 2.05) is 6.20 Å². The molecule has 8 heteroatoms. The molecule has 2 fully saturated rings. The zero-order valence-electron chi connectivity index (χ0n) is 33.6. The maximum atomic E-state index is 5.85. The number of methoxy groups -OCH3 is 3. The lowest BCUT2D eigenvalue weighted by Gasteiger charge is -2.40. The lowest BCUT2D eigenvalue weighted by Crippen LogP contribution is -2.44. The van der Waals surface area contributed by atoms with Crippen molar-refractivity contribution in [1.29, 1.82) is 0 Å². The molecule has 0 bridgehead atoms. The zero-order valence-corrected chi connectivity index (χ0v) is 33.6. The Morgan fingerprint density at radius 3 is 2.32 bits per heavy atom. The molecule has 56 heavy (non-hydrogen) atoms. The summed E-state index contributed by atoms with van der Waals surface area (Å²) in [5.41, 5.74) is 12.0. The fraction of sp³-hybridized carbons (Fsp3) is 0.396. The number of piperidine rings is 1. The summed E-state index contributed by atoms with van der Waals surface area (Å²) in [7, 11) is 5.21. The summed E-state index contributed by atoms with van der Waals surface area (Å²) in [4.78, 5) is 9.99. The highest BCUT2D eigenvalue weighted by atomic mass is 16.7. The van der Waals surface area contributed by atoms with Gasteiger partial charge in [0, 0.05) is 55.7 Å². The highest BCUT2D eigenvalue weighted by Crippen LogP contribution is 2.43. The molecular weight excluding hydrogens is 699 g/mol. The van der Waals surface area contributed by atoms with Gasteiger partial charge in [0.05, 0.1) is 27.0 Å². The third-order valence-electron chi connectivity index (χ3n) is 12.1. The standard InChI is InChI=1S/C48H55N3O5/c1-6-9-37-24-38(26-47(53-4)48(37)54-5)36-13-7-10-33(22-36)30-51(41-14-15-44-46(28-41)56-31-55-44)40-17-20-50(21-18-40)29-34-16-19-49-43(23-34)39-25-42(35-11-8-12-35)32(2)45(27-39)52-3/h7,10,13-16,19,22-28,35,40H,6,8-9,11-12,17-18,20-21,29-31H2,1-5H3. The summed E-state index contributed by atoms with van der Waals surface area (Å²) in [6, 6.07) is 29.0. The van der Waals surface area contributed by atoms with Crippen LogP contribution in [0.5, 0.6) is 28.7 Å². The third-order valence-corrected chi connectivity index (χ3v) is 12.1. The van der Waals surface area contributed by atoms with Crippen molar-refractivity contribution in [2.45, 2.75) is 83.8 Å². The van der Waals surface area contributed by atoms with Gasteiger partial charge in [0.15, 0.2) is 23.0 Å². The predicted molar refractivity (Wildman–Crippen MR) is 224 cm³/mol. The lowest BCUT2D eigenvalue weighted by molar-refractivity contribution is 0.174. The van der Waals surface area contributed by atoms with Crippen molar-refractivity contribution < 1.29 is 23.7 Å². The molecule has 5 aromatic rings. The minimum atomic E-state index is 0.264. The Labute approximate surface area is 332 Å². The second-order valence-corrected chi connectivity index (χ2v) is 15.6. The predicted octanol–water partition coefficient (Wildman–Crippen LogP) is 10.4. The molecule has 292 valence electrons. The van der Waals surface area contributed by atoms with Crippen LogP contribution in [0.4, 0.5) is 5.69 Å². The van der Waals surface area contributed by atoms with E-state index in [2.05, 4.69) is 103 Å². The first-order valence-corrected chi connectivity index (χ1v) is 20.3. The largest absolute Gasteiger partial charge is 0.496 e. The van der Waals surface area contributed by atoms with Gasteiger partial charge in [-0.15, -0.1) is 0 Å². The van der Waals surface area contributed by atoms with Gasteiger partial charge in [-0.2, -0.15) is 0 Å². The zero-order chi connectivity index (χ0) is 38.6. The van der Waals surface area contributed by atoms with E-state index in [-0.39, 0.29) is 6.79 Å². The van der Waals surface area contributed by atoms with Gasteiger partial charge in [-0.05, 0) is 138 Å². The van der Waals surface area contributed by atoms with Crippen molar-refractivity contribution in [2.75, 3.05) is 46.1 Å². The summed E-state index contributed by atoms with van der Waals surface area (Å²) in [5.74, 6) is 4.80. The number of hydrogen-bond acceptors (Lipinski definition) is 8. The van der Waals surface area contributed by atoms with Gasteiger partial charge in [0.1, 0.15) is 5.75 Å². The van der Waals surface area contributed by atoms with Crippen LogP contribution in [-0.4, -0.2) is 57.1 Å². The average molecular weight is 754 g/mol. The Morgan fingerprint density at radius 2 is 1.57 bits per heavy atom. The molecule has 4 aromatic carbocycles. The number of anilines is 1. The van der Waals surface area contributed by atoms with Crippen molar-refractivity contribution >= 4 is 5.69 Å². The SMILES string of the molecule is CCCc1cc(-c2cccc(CN(c3ccc4c(c3)OCO4)C3CCN(Cc4ccnc(-c5cc(OC)c(C)c(C6CCC6)c5)c4)CC3)c2)cc(OC)c1OC. The Kier molecular flexibility index (Phi) is 11.4. The fourth-order valence-corrected chi connectivity index (χ4v) is 8.80. The van der Waals surface area contributed by atoms with Crippen LogP contribution in [0.2, 0.25) is 0 Å². The summed E-state index contributed by atoms with van der Waals surface area (Å²) in [6.45, 7) is 8.36. The van der Waals surface area contributed by atoms with Crippen LogP contribution in [0.25, 0.3) is 22.4 Å². The highest BCUT2D eigenvalue weighted by molar-refractivity contribution is 5.70. The lowest BCUT2D eigenvalue weighted by atomic mass is 9.77. The van der Waals surface area contributed by atoms with Crippen LogP contribution < -0.4 is 28.6 Å². The van der Waals surface area contributed by atoms with Crippen molar-refractivity contribution in [3.63, 3.8) is 0 Å². The summed E-state index contributed by atoms with van der Waals surface area (Å²) >= 11 is 0. The van der Waals surface area contributed by atoms with Crippen molar-refractivity contribution in [1.82, 2.24) is 9.88 Å². The smallest absolute Gasteiger partial charge is 0.231 e. The first-order chi connectivity index (χ1) is 27.4. The number of aromatic nitrogens is 1. The van der Waals surface area contributed by atoms with E-state index in [1.54, 1.807) is 21.3 Å². The van der Waals surface area contributed by atoms with Gasteiger partial charge in [-0.3, -0.25) is 9.88 Å². The van der Waals surface area contributed by atoms with E-state index in [0.29, 0.717) is 12.0 Å². The molecule has 0 spiro atoms. The number of aryl methyl sites for hydroxylation is 1. The second kappa shape index (κ2) is 16.9. The number of pyridine rings is 1. The van der Waals surface area contributed by atoms with Crippen LogP contribution in [-0.2, 0) is 19.5 Å². The highest BCUT2D eigenvalue weighted by Gasteiger charge is 2.28. The van der Waals surface area contributed by atoms with Crippen LogP contribution in [0.1, 0.15) is 79.2 Å². The van der Waals surface area contributed by atoms with Crippen molar-refractivity contribution in [3.05, 3.63) is 113 Å². The van der Waals surface area contributed by atoms with E-state index < -0.39 is 0 Å². The van der Waals surface area contributed by atoms with Gasteiger partial charge in [-0.1, -0.05) is 38.0 Å². The molecule has 0 N–H and O–H groups in total. The molecule has 1 saturated carbocycles. The molecule has 1 saturated heterocycles. The van der Waals surface area contributed by atoms with Crippen molar-refractivity contribution in [3.8, 4) is 51.1 Å². The molecule has 8 nitrogen and oxygen atoms in total. The second-order valence-electron chi connectivity index (χ2n) is 15.6. The number of benzene rings is 4. The molecule has 0 amide bonds. The average Bonchev–Trinajstić information content (AvgIpc) is 3.69. The minimum absolute atomic E-state index is 0.264. The van der Waals surface area contributed by atoms with E-state index in [4.69, 9.17) is 28.7 Å². The molecule has 8 rings (SSSR count). The summed E-state index contributed by atoms with van der Waals surface area (Å²) in [6.07, 6.45) is 9.86. The summed E-state index contributed by atoms with van der Waals surface area (Å²) in [5, 5.41) is 0. The molecule has 0 unspecified atom stereocenters. The molecule has 1 aromatic heterocycles. The van der Waals surface area contributed by atoms with Gasteiger partial charge in [-0.25, -0.2) is 0 Å². The quantitative estimate of drug-likeness (QED) is 0.111. The Balaban J connectivity index is 1.01. The monoisotopic (exact) mass is 753 g/mol. The number of likely N-dealkylation sites (tertiary alicyclic amines) is 1. The van der Waals surface area contributed by atoms with Gasteiger partial charge in [0.2, 0.25) is 6.79 Å². The molecule has 0 atom stereocenters. The first kappa shape index (κ1) is 37.7. The Morgan fingerprint density at radius 1 is 0.768 bits per heavy atom. The number of ether oxygens (including phenoxy) is 5. The Hall–Kier alpha value is -5.21. The van der Waals surface area contributed by atoms with Crippen LogP contribution in [0, 0.1) is 6.92 Å². The number of hydrogen-bond donors (Lipinski definition) is 0. The minimum Gasteiger partial charge on any atom is -0.496 e. The molecule has 1 aliphatic carbocycles. The first-order valence-electron chi connectivity index (χ1n) is 20.3. The molecular formula is C48H55N3O5. The summed E-state index contributed by atoms with van der Waals surface area (Å²) < 4.78 is 28.9. The Bertz CT molecular complexity index is 2160. The maximum Gasteiger partial charge on any atom is 0.231 e. The van der Waals surface area contributed by atoms with Gasteiger partial charge >= 0.3 is 0 Å². The molecule has 3 aliphatic rings. The van der Waals surface area contributed by atoms with Gasteiger partial charge in [0.25, 0.3) is 0 Å². The van der Waals surface area contributed by atoms with E-state index in [9.17, 15) is 0 Å². The topological polar surface area (TPSA) is 65.5 Å². The van der Waals surface area contributed by atoms with Crippen LogP contribution in [0.15, 0.2) is 85.1 Å². The normalized spacial score (nSPS) is 15.7. The van der Waals surface area contributed by atoms with Crippen molar-refractivity contribution in [2.24, 2.45) is 0 Å². The number of fused-ring (bicyclic) bond motifs is 1. The fourth-order valence-electron chi connectivity index (χ4n) is 8.80. The molecule has 3 heterocycles. The van der Waals surface area contributed by atoms with E-state index in [0.717, 1.165) is 103 Å². The van der Waals surface area contributed by atoms with E-state index in [1.165, 1.54) is 52.6 Å². The van der Waals surface area contributed by atoms with Crippen LogP contribution in [0.3, 0.4) is 0 Å². The number of nitrogens with zero attached hydrogens (tertiary/aromatic N) is 3. The molecule has 0 radical (unpaired) electrons. The van der Waals surface area contributed by atoms with Crippen LogP contribution >= 0.6 is 0 Å². The number of rotatable bonds is 14. The third kappa shape index (κ3) is 7.90.